The summed E-state index contributed by atoms with van der Waals surface area (Å²) in [6.07, 6.45) is 10.6. The molecule has 1 aliphatic carbocycles. The average Bonchev–Trinajstić information content (AvgIpc) is 3.12. The van der Waals surface area contributed by atoms with Crippen LogP contribution >= 0.6 is 0 Å². The smallest absolute Gasteiger partial charge is 0.317 e. The number of nitrogens with zero attached hydrogens (tertiary/aromatic N) is 3. The van der Waals surface area contributed by atoms with Crippen molar-refractivity contribution in [2.75, 3.05) is 13.1 Å². The van der Waals surface area contributed by atoms with Crippen LogP contribution in [0, 0.1) is 11.8 Å². The van der Waals surface area contributed by atoms with E-state index in [0.29, 0.717) is 25.9 Å². The van der Waals surface area contributed by atoms with Crippen molar-refractivity contribution in [1.29, 1.82) is 0 Å². The third-order valence-corrected chi connectivity index (χ3v) is 6.34. The van der Waals surface area contributed by atoms with Crippen LogP contribution in [0.2, 0.25) is 0 Å². The molecule has 0 spiro atoms. The van der Waals surface area contributed by atoms with Crippen LogP contribution in [0.4, 0.5) is 4.79 Å². The van der Waals surface area contributed by atoms with Crippen molar-refractivity contribution < 1.29 is 14.7 Å². The number of imidazole rings is 1. The van der Waals surface area contributed by atoms with E-state index in [-0.39, 0.29) is 30.3 Å². The van der Waals surface area contributed by atoms with E-state index in [4.69, 9.17) is 0 Å². The molecule has 1 aliphatic heterocycles. The van der Waals surface area contributed by atoms with Crippen molar-refractivity contribution in [3.8, 4) is 0 Å². The number of carbonyl (C=O) groups excluding carboxylic acids is 1. The number of carboxylic acids is 1. The third-order valence-electron chi connectivity index (χ3n) is 6.34. The topological polar surface area (TPSA) is 111 Å². The van der Waals surface area contributed by atoms with Gasteiger partial charge in [-0.1, -0.05) is 19.3 Å². The van der Waals surface area contributed by atoms with Gasteiger partial charge in [0, 0.05) is 38.2 Å². The number of rotatable bonds is 5. The molecule has 2 aromatic rings. The van der Waals surface area contributed by atoms with Gasteiger partial charge in [0.05, 0.1) is 17.2 Å². The summed E-state index contributed by atoms with van der Waals surface area (Å²) in [5, 5.41) is 12.5. The Kier molecular flexibility index (Phi) is 5.97. The summed E-state index contributed by atoms with van der Waals surface area (Å²) in [6, 6.07) is 2.12. The zero-order valence-electron chi connectivity index (χ0n) is 16.6. The molecular weight excluding hydrogens is 370 g/mol. The van der Waals surface area contributed by atoms with E-state index in [2.05, 4.69) is 20.3 Å². The number of piperidine rings is 1. The minimum Gasteiger partial charge on any atom is -0.481 e. The first-order valence-corrected chi connectivity index (χ1v) is 10.6. The van der Waals surface area contributed by atoms with E-state index >= 15 is 0 Å². The number of fused-ring (bicyclic) bond motifs is 1. The lowest BCUT2D eigenvalue weighted by Crippen LogP contribution is -2.51. The number of carbonyl (C=O) groups is 2. The zero-order valence-corrected chi connectivity index (χ0v) is 16.6. The van der Waals surface area contributed by atoms with Gasteiger partial charge in [-0.05, 0) is 37.2 Å². The van der Waals surface area contributed by atoms with Gasteiger partial charge in [-0.2, -0.15) is 0 Å². The molecule has 3 heterocycles. The Hall–Kier alpha value is -2.64. The lowest BCUT2D eigenvalue weighted by molar-refractivity contribution is -0.139. The van der Waals surface area contributed by atoms with E-state index in [1.165, 1.54) is 19.3 Å². The summed E-state index contributed by atoms with van der Waals surface area (Å²) < 4.78 is 0. The summed E-state index contributed by atoms with van der Waals surface area (Å²) >= 11 is 0. The highest BCUT2D eigenvalue weighted by molar-refractivity contribution is 5.75. The van der Waals surface area contributed by atoms with Gasteiger partial charge in [0.25, 0.3) is 0 Å². The lowest BCUT2D eigenvalue weighted by Gasteiger charge is -2.38. The number of aliphatic carboxylic acids is 1. The second-order valence-corrected chi connectivity index (χ2v) is 8.42. The Morgan fingerprint density at radius 1 is 1.21 bits per heavy atom. The Balaban J connectivity index is 1.44. The normalized spacial score (nSPS) is 23.2. The molecule has 1 saturated heterocycles. The number of carboxylic acid groups (broad SMARTS) is 1. The summed E-state index contributed by atoms with van der Waals surface area (Å²) in [6.45, 7) is 1.17. The molecule has 0 aromatic carbocycles. The van der Waals surface area contributed by atoms with Crippen molar-refractivity contribution in [2.24, 2.45) is 11.8 Å². The molecule has 2 aliphatic rings. The fourth-order valence-corrected chi connectivity index (χ4v) is 4.76. The van der Waals surface area contributed by atoms with Gasteiger partial charge in [-0.3, -0.25) is 9.78 Å². The maximum atomic E-state index is 12.8. The molecule has 0 radical (unpaired) electrons. The van der Waals surface area contributed by atoms with Crippen molar-refractivity contribution in [3.63, 3.8) is 0 Å². The lowest BCUT2D eigenvalue weighted by atomic mass is 9.81. The highest BCUT2D eigenvalue weighted by Gasteiger charge is 2.34. The number of urea groups is 1. The molecule has 2 aromatic heterocycles. The second-order valence-electron chi connectivity index (χ2n) is 8.42. The molecule has 3 N–H and O–H groups in total. The molecule has 2 fully saturated rings. The SMILES string of the molecule is O=C(O)C[C@@H]1CCN(C(=O)NC2CCCCC2)C[C@@H]1Cc1nc2ccncc2[nH]1. The number of amides is 2. The maximum absolute atomic E-state index is 12.8. The number of aromatic nitrogens is 3. The maximum Gasteiger partial charge on any atom is 0.317 e. The fraction of sp³-hybridized carbons (Fsp3) is 0.619. The third kappa shape index (κ3) is 4.86. The first-order chi connectivity index (χ1) is 14.1. The van der Waals surface area contributed by atoms with Crippen LogP contribution in [-0.2, 0) is 11.2 Å². The van der Waals surface area contributed by atoms with Crippen LogP contribution in [0.1, 0.15) is 50.8 Å². The molecule has 8 nitrogen and oxygen atoms in total. The minimum absolute atomic E-state index is 0.00974. The molecule has 2 amide bonds. The number of H-pyrrole nitrogens is 1. The molecular formula is C21H29N5O3. The Bertz CT molecular complexity index is 828. The molecule has 2 atom stereocenters. The number of hydrogen-bond donors (Lipinski definition) is 3. The van der Waals surface area contributed by atoms with Crippen molar-refractivity contribution in [3.05, 3.63) is 24.3 Å². The van der Waals surface area contributed by atoms with Gasteiger partial charge in [-0.25, -0.2) is 9.78 Å². The average molecular weight is 399 g/mol. The highest BCUT2D eigenvalue weighted by atomic mass is 16.4. The zero-order chi connectivity index (χ0) is 20.2. The van der Waals surface area contributed by atoms with Gasteiger partial charge >= 0.3 is 12.0 Å². The number of nitrogens with one attached hydrogen (secondary N) is 2. The van der Waals surface area contributed by atoms with E-state index in [1.54, 1.807) is 12.4 Å². The standard InChI is InChI=1S/C21H29N5O3/c27-20(28)11-14-7-9-26(21(29)23-16-4-2-1-3-5-16)13-15(14)10-19-24-17-6-8-22-12-18(17)25-19/h6,8,12,14-16H,1-5,7,9-11,13H2,(H,23,29)(H,24,25)(H,27,28)/t14-,15-/m0/s1. The Labute approximate surface area is 170 Å². The first kappa shape index (κ1) is 19.7. The number of aromatic amines is 1. The minimum atomic E-state index is -0.783. The van der Waals surface area contributed by atoms with Gasteiger partial charge < -0.3 is 20.3 Å². The Morgan fingerprint density at radius 3 is 2.79 bits per heavy atom. The van der Waals surface area contributed by atoms with Gasteiger partial charge in [0.1, 0.15) is 5.82 Å². The summed E-state index contributed by atoms with van der Waals surface area (Å²) in [4.78, 5) is 38.0. The van der Waals surface area contributed by atoms with E-state index in [1.807, 2.05) is 11.0 Å². The quantitative estimate of drug-likeness (QED) is 0.716. The summed E-state index contributed by atoms with van der Waals surface area (Å²) in [5.74, 6) is 0.139. The van der Waals surface area contributed by atoms with Crippen LogP contribution in [0.25, 0.3) is 11.0 Å². The molecule has 29 heavy (non-hydrogen) atoms. The molecule has 8 heteroatoms. The highest BCUT2D eigenvalue weighted by Crippen LogP contribution is 2.30. The predicted octanol–water partition coefficient (Wildman–Crippen LogP) is 2.96. The fourth-order valence-electron chi connectivity index (χ4n) is 4.76. The number of hydrogen-bond acceptors (Lipinski definition) is 4. The van der Waals surface area contributed by atoms with Crippen LogP contribution in [-0.4, -0.2) is 56.1 Å². The first-order valence-electron chi connectivity index (χ1n) is 10.6. The number of likely N-dealkylation sites (tertiary alicyclic amines) is 1. The molecule has 156 valence electrons. The molecule has 1 saturated carbocycles. The van der Waals surface area contributed by atoms with E-state index < -0.39 is 5.97 Å². The Morgan fingerprint density at radius 2 is 2.03 bits per heavy atom. The van der Waals surface area contributed by atoms with Gasteiger partial charge in [0.2, 0.25) is 0 Å². The largest absolute Gasteiger partial charge is 0.481 e. The van der Waals surface area contributed by atoms with Crippen LogP contribution < -0.4 is 5.32 Å². The predicted molar refractivity (Wildman–Crippen MR) is 108 cm³/mol. The van der Waals surface area contributed by atoms with Crippen molar-refractivity contribution >= 4 is 23.0 Å². The molecule has 4 rings (SSSR count). The van der Waals surface area contributed by atoms with Gasteiger partial charge in [-0.15, -0.1) is 0 Å². The summed E-state index contributed by atoms with van der Waals surface area (Å²) in [7, 11) is 0. The van der Waals surface area contributed by atoms with Gasteiger partial charge in [0.15, 0.2) is 0 Å². The summed E-state index contributed by atoms with van der Waals surface area (Å²) in [5.41, 5.74) is 1.73. The monoisotopic (exact) mass is 399 g/mol. The van der Waals surface area contributed by atoms with E-state index in [9.17, 15) is 14.7 Å². The molecule has 0 unspecified atom stereocenters. The second kappa shape index (κ2) is 8.80. The van der Waals surface area contributed by atoms with Crippen LogP contribution in [0.3, 0.4) is 0 Å². The molecule has 0 bridgehead atoms. The van der Waals surface area contributed by atoms with Crippen molar-refractivity contribution in [2.45, 2.75) is 57.4 Å². The van der Waals surface area contributed by atoms with E-state index in [0.717, 1.165) is 29.7 Å². The van der Waals surface area contributed by atoms with Crippen LogP contribution in [0.15, 0.2) is 18.5 Å². The number of pyridine rings is 1. The van der Waals surface area contributed by atoms with Crippen LogP contribution in [0.5, 0.6) is 0 Å². The van der Waals surface area contributed by atoms with Crippen molar-refractivity contribution in [1.82, 2.24) is 25.2 Å².